The number of nitrogens with zero attached hydrogens (tertiary/aromatic N) is 1. The first-order valence-corrected chi connectivity index (χ1v) is 9.70. The van der Waals surface area contributed by atoms with E-state index in [1.165, 1.54) is 38.4 Å². The lowest BCUT2D eigenvalue weighted by molar-refractivity contribution is 0.0378. The number of amides is 1. The van der Waals surface area contributed by atoms with Crippen molar-refractivity contribution in [1.82, 2.24) is 4.31 Å². The molecule has 0 aliphatic carbocycles. The number of hydrogen-bond donors (Lipinski definition) is 1. The van der Waals surface area contributed by atoms with Gasteiger partial charge in [0, 0.05) is 25.3 Å². The predicted octanol–water partition coefficient (Wildman–Crippen LogP) is 2.75. The summed E-state index contributed by atoms with van der Waals surface area (Å²) in [5, 5.41) is 2.67. The van der Waals surface area contributed by atoms with Gasteiger partial charge in [0.25, 0.3) is 5.91 Å². The molecule has 1 amide bonds. The molecule has 0 heterocycles. The molecular weight excluding hydrogens is 368 g/mol. The number of sulfonamides is 1. The van der Waals surface area contributed by atoms with Gasteiger partial charge in [-0.25, -0.2) is 17.5 Å². The van der Waals surface area contributed by atoms with Gasteiger partial charge in [0.05, 0.1) is 16.6 Å². The maximum Gasteiger partial charge on any atom is 0.338 e. The van der Waals surface area contributed by atoms with Crippen molar-refractivity contribution in [3.8, 4) is 0 Å². The van der Waals surface area contributed by atoms with Crippen molar-refractivity contribution in [2.45, 2.75) is 24.8 Å². The summed E-state index contributed by atoms with van der Waals surface area (Å²) in [6.45, 7) is 3.52. The van der Waals surface area contributed by atoms with E-state index in [0.29, 0.717) is 11.3 Å². The minimum Gasteiger partial charge on any atom is -0.459 e. The Morgan fingerprint density at radius 1 is 1.00 bits per heavy atom. The molecular formula is C19H22N2O5S. The molecule has 8 heteroatoms. The first kappa shape index (κ1) is 20.6. The molecule has 7 nitrogen and oxygen atoms in total. The van der Waals surface area contributed by atoms with E-state index in [0.717, 1.165) is 4.31 Å². The van der Waals surface area contributed by atoms with Crippen LogP contribution in [0.1, 0.15) is 34.6 Å². The molecule has 0 saturated heterocycles. The van der Waals surface area contributed by atoms with Crippen LogP contribution in [0.4, 0.5) is 5.69 Å². The highest BCUT2D eigenvalue weighted by atomic mass is 32.2. The van der Waals surface area contributed by atoms with E-state index in [1.807, 2.05) is 0 Å². The Kier molecular flexibility index (Phi) is 6.35. The molecule has 0 atom stereocenters. The van der Waals surface area contributed by atoms with Gasteiger partial charge in [-0.3, -0.25) is 4.79 Å². The highest BCUT2D eigenvalue weighted by Crippen LogP contribution is 2.17. The number of rotatable bonds is 6. The number of anilines is 1. The van der Waals surface area contributed by atoms with Crippen LogP contribution in [0.3, 0.4) is 0 Å². The highest BCUT2D eigenvalue weighted by molar-refractivity contribution is 7.89. The molecule has 0 aliphatic heterocycles. The molecule has 0 fully saturated rings. The molecule has 27 heavy (non-hydrogen) atoms. The van der Waals surface area contributed by atoms with Gasteiger partial charge >= 0.3 is 5.97 Å². The Bertz CT molecular complexity index is 935. The van der Waals surface area contributed by atoms with Crippen molar-refractivity contribution in [3.05, 3.63) is 59.7 Å². The highest BCUT2D eigenvalue weighted by Gasteiger charge is 2.19. The van der Waals surface area contributed by atoms with Crippen LogP contribution in [-0.2, 0) is 14.8 Å². The van der Waals surface area contributed by atoms with Gasteiger partial charge in [-0.2, -0.15) is 0 Å². The zero-order valence-corrected chi connectivity index (χ0v) is 16.4. The zero-order valence-electron chi connectivity index (χ0n) is 15.6. The largest absolute Gasteiger partial charge is 0.459 e. The number of esters is 1. The van der Waals surface area contributed by atoms with Gasteiger partial charge < -0.3 is 10.1 Å². The van der Waals surface area contributed by atoms with Crippen LogP contribution in [0.15, 0.2) is 53.4 Å². The smallest absolute Gasteiger partial charge is 0.338 e. The van der Waals surface area contributed by atoms with Gasteiger partial charge in [-0.15, -0.1) is 0 Å². The molecule has 2 aromatic carbocycles. The second kappa shape index (κ2) is 8.32. The lowest BCUT2D eigenvalue weighted by Crippen LogP contribution is -2.22. The van der Waals surface area contributed by atoms with Crippen molar-refractivity contribution < 1.29 is 22.7 Å². The van der Waals surface area contributed by atoms with Crippen LogP contribution in [0.2, 0.25) is 0 Å². The standard InChI is InChI=1S/C19H22N2O5S/c1-13(2)26-19(23)14-8-10-16(11-9-14)20-18(22)15-6-5-7-17(12-15)27(24,25)21(3)4/h5-13H,1-4H3,(H,20,22). The summed E-state index contributed by atoms with van der Waals surface area (Å²) in [7, 11) is -0.780. The molecule has 2 aromatic rings. The van der Waals surface area contributed by atoms with E-state index in [2.05, 4.69) is 5.32 Å². The molecule has 0 aliphatic rings. The van der Waals surface area contributed by atoms with Crippen molar-refractivity contribution >= 4 is 27.6 Å². The normalized spacial score (nSPS) is 11.5. The third-order valence-corrected chi connectivity index (χ3v) is 5.41. The summed E-state index contributed by atoms with van der Waals surface area (Å²) in [5.74, 6) is -0.896. The zero-order chi connectivity index (χ0) is 20.2. The molecule has 0 saturated carbocycles. The number of hydrogen-bond acceptors (Lipinski definition) is 5. The summed E-state index contributed by atoms with van der Waals surface area (Å²) < 4.78 is 30.6. The first-order chi connectivity index (χ1) is 12.6. The van der Waals surface area contributed by atoms with Gasteiger partial charge in [-0.1, -0.05) is 6.07 Å². The van der Waals surface area contributed by atoms with Crippen LogP contribution in [-0.4, -0.2) is 44.8 Å². The quantitative estimate of drug-likeness (QED) is 0.766. The van der Waals surface area contributed by atoms with Crippen LogP contribution >= 0.6 is 0 Å². The Balaban J connectivity index is 2.15. The van der Waals surface area contributed by atoms with Crippen LogP contribution in [0.25, 0.3) is 0 Å². The average Bonchev–Trinajstić information content (AvgIpc) is 2.61. The second-order valence-electron chi connectivity index (χ2n) is 6.30. The maximum atomic E-state index is 12.4. The second-order valence-corrected chi connectivity index (χ2v) is 8.45. The van der Waals surface area contributed by atoms with E-state index in [-0.39, 0.29) is 16.6 Å². The monoisotopic (exact) mass is 390 g/mol. The number of ether oxygens (including phenoxy) is 1. The van der Waals surface area contributed by atoms with Gasteiger partial charge in [0.1, 0.15) is 0 Å². The Morgan fingerprint density at radius 3 is 2.19 bits per heavy atom. The lowest BCUT2D eigenvalue weighted by Gasteiger charge is -2.12. The van der Waals surface area contributed by atoms with Crippen molar-refractivity contribution in [3.63, 3.8) is 0 Å². The van der Waals surface area contributed by atoms with E-state index in [9.17, 15) is 18.0 Å². The van der Waals surface area contributed by atoms with Gasteiger partial charge in [-0.05, 0) is 56.3 Å². The van der Waals surface area contributed by atoms with E-state index in [4.69, 9.17) is 4.74 Å². The van der Waals surface area contributed by atoms with Crippen molar-refractivity contribution in [2.75, 3.05) is 19.4 Å². The molecule has 0 aromatic heterocycles. The molecule has 0 bridgehead atoms. The average molecular weight is 390 g/mol. The number of carbonyl (C=O) groups is 2. The van der Waals surface area contributed by atoms with Crippen LogP contribution < -0.4 is 5.32 Å². The molecule has 1 N–H and O–H groups in total. The van der Waals surface area contributed by atoms with Crippen molar-refractivity contribution in [1.29, 1.82) is 0 Å². The summed E-state index contributed by atoms with van der Waals surface area (Å²) in [4.78, 5) is 24.3. The lowest BCUT2D eigenvalue weighted by atomic mass is 10.2. The molecule has 0 unspecified atom stereocenters. The van der Waals surface area contributed by atoms with Gasteiger partial charge in [0.15, 0.2) is 0 Å². The minimum absolute atomic E-state index is 0.0342. The SMILES string of the molecule is CC(C)OC(=O)c1ccc(NC(=O)c2cccc(S(=O)(=O)N(C)C)c2)cc1. The first-order valence-electron chi connectivity index (χ1n) is 8.26. The summed E-state index contributed by atoms with van der Waals surface area (Å²) in [6, 6.07) is 12.0. The van der Waals surface area contributed by atoms with E-state index >= 15 is 0 Å². The third-order valence-electron chi connectivity index (χ3n) is 3.60. The number of carbonyl (C=O) groups excluding carboxylic acids is 2. The fraction of sp³-hybridized carbons (Fsp3) is 0.263. The summed E-state index contributed by atoms with van der Waals surface area (Å²) >= 11 is 0. The third kappa shape index (κ3) is 5.15. The van der Waals surface area contributed by atoms with Crippen LogP contribution in [0.5, 0.6) is 0 Å². The minimum atomic E-state index is -3.63. The fourth-order valence-electron chi connectivity index (χ4n) is 2.18. The Labute approximate surface area is 159 Å². The molecule has 0 spiro atoms. The topological polar surface area (TPSA) is 92.8 Å². The summed E-state index contributed by atoms with van der Waals surface area (Å²) in [5.41, 5.74) is 1.06. The predicted molar refractivity (Wildman–Crippen MR) is 102 cm³/mol. The molecule has 144 valence electrons. The summed E-state index contributed by atoms with van der Waals surface area (Å²) in [6.07, 6.45) is -0.220. The fourth-order valence-corrected chi connectivity index (χ4v) is 3.13. The number of nitrogens with one attached hydrogen (secondary N) is 1. The van der Waals surface area contributed by atoms with E-state index < -0.39 is 21.9 Å². The Morgan fingerprint density at radius 2 is 1.63 bits per heavy atom. The van der Waals surface area contributed by atoms with E-state index in [1.54, 1.807) is 38.1 Å². The van der Waals surface area contributed by atoms with Crippen LogP contribution in [0, 0.1) is 0 Å². The molecule has 2 rings (SSSR count). The Hall–Kier alpha value is -2.71. The van der Waals surface area contributed by atoms with Gasteiger partial charge in [0.2, 0.25) is 10.0 Å². The number of benzene rings is 2. The van der Waals surface area contributed by atoms with Crippen molar-refractivity contribution in [2.24, 2.45) is 0 Å². The molecule has 0 radical (unpaired) electrons. The maximum absolute atomic E-state index is 12.4.